The Morgan fingerprint density at radius 3 is 1.41 bits per heavy atom. The number of fused-ring (bicyclic) bond motifs is 4. The van der Waals surface area contributed by atoms with Crippen LogP contribution in [0.15, 0.2) is 37.0 Å². The van der Waals surface area contributed by atoms with E-state index < -0.39 is 0 Å². The average Bonchev–Trinajstić information content (AvgIpc) is 3.41. The van der Waals surface area contributed by atoms with E-state index in [0.29, 0.717) is 40.4 Å². The van der Waals surface area contributed by atoms with Crippen molar-refractivity contribution in [2.75, 3.05) is 6.61 Å². The summed E-state index contributed by atoms with van der Waals surface area (Å²) in [4.78, 5) is 33.6. The van der Waals surface area contributed by atoms with Crippen LogP contribution < -0.4 is 0 Å². The number of carbonyl (C=O) groups excluding carboxylic acids is 3. The van der Waals surface area contributed by atoms with Crippen molar-refractivity contribution in [1.29, 1.82) is 0 Å². The molecule has 6 atom stereocenters. The van der Waals surface area contributed by atoms with Gasteiger partial charge in [-0.25, -0.2) is 14.4 Å². The molecule has 0 spiro atoms. The molecule has 4 fully saturated rings. The van der Waals surface area contributed by atoms with E-state index in [-0.39, 0.29) is 40.9 Å². The molecule has 4 saturated carbocycles. The van der Waals surface area contributed by atoms with E-state index in [1.165, 1.54) is 31.8 Å². The minimum Gasteiger partial charge on any atom is -0.463 e. The van der Waals surface area contributed by atoms with E-state index in [1.807, 2.05) is 6.92 Å². The summed E-state index contributed by atoms with van der Waals surface area (Å²) in [7, 11) is 0. The third-order valence-electron chi connectivity index (χ3n) is 11.5. The lowest BCUT2D eigenvalue weighted by Gasteiger charge is -2.38. The Hall–Kier alpha value is -2.37. The Labute approximate surface area is 249 Å². The average molecular weight is 573 g/mol. The van der Waals surface area contributed by atoms with E-state index in [2.05, 4.69) is 66.0 Å². The first kappa shape index (κ1) is 34.8. The van der Waals surface area contributed by atoms with Crippen molar-refractivity contribution < 1.29 is 28.6 Å². The van der Waals surface area contributed by atoms with E-state index in [1.54, 1.807) is 13.8 Å². The highest BCUT2D eigenvalue weighted by atomic mass is 16.6. The molecule has 0 aromatic rings. The van der Waals surface area contributed by atoms with Gasteiger partial charge in [0.25, 0.3) is 0 Å². The zero-order valence-corrected chi connectivity index (χ0v) is 27.3. The number of carbonyl (C=O) groups is 3. The molecule has 0 N–H and O–H groups in total. The minimum absolute atomic E-state index is 0.0884. The summed E-state index contributed by atoms with van der Waals surface area (Å²) in [6.07, 6.45) is 10.3. The Kier molecular flexibility index (Phi) is 11.3. The van der Waals surface area contributed by atoms with Gasteiger partial charge >= 0.3 is 17.9 Å². The highest BCUT2D eigenvalue weighted by molar-refractivity contribution is 5.87. The van der Waals surface area contributed by atoms with Crippen molar-refractivity contribution in [3.8, 4) is 0 Å². The summed E-state index contributed by atoms with van der Waals surface area (Å²) >= 11 is 0. The van der Waals surface area contributed by atoms with E-state index >= 15 is 0 Å². The SMILES string of the molecule is C=C(C)C(=O)OC1C[C@H]2CC[C@]1(C)C2(C)C.C=C(C)C(=O)OC1C[C@H]2CC[C@]1(C)C2(C)C.C=CC(=O)OCCCC. The Balaban J connectivity index is 0.000000225. The molecule has 0 saturated heterocycles. The fourth-order valence-electron chi connectivity index (χ4n) is 7.45. The van der Waals surface area contributed by atoms with Crippen LogP contribution in [0.3, 0.4) is 0 Å². The molecule has 4 bridgehead atoms. The maximum atomic E-state index is 11.6. The minimum atomic E-state index is -0.330. The number of hydrogen-bond donors (Lipinski definition) is 0. The predicted molar refractivity (Wildman–Crippen MR) is 164 cm³/mol. The summed E-state index contributed by atoms with van der Waals surface area (Å²) in [6, 6.07) is 0. The first-order chi connectivity index (χ1) is 18.9. The van der Waals surface area contributed by atoms with Crippen LogP contribution in [-0.4, -0.2) is 36.7 Å². The van der Waals surface area contributed by atoms with Crippen LogP contribution in [0, 0.1) is 33.5 Å². The van der Waals surface area contributed by atoms with Gasteiger partial charge in [0, 0.05) is 28.1 Å². The van der Waals surface area contributed by atoms with Crippen molar-refractivity contribution >= 4 is 17.9 Å². The molecule has 4 aliphatic carbocycles. The largest absolute Gasteiger partial charge is 0.463 e. The Morgan fingerprint density at radius 1 is 0.780 bits per heavy atom. The third-order valence-corrected chi connectivity index (χ3v) is 11.5. The molecule has 41 heavy (non-hydrogen) atoms. The standard InChI is InChI=1S/2C14H22O2.C7H12O2/c2*1-9(2)12(15)16-11-8-10-6-7-14(11,5)13(10,3)4;1-3-5-6-9-7(8)4-2/h2*10-11H,1,6-8H2,2-5H3;4H,2-3,5-6H2,1H3/t2*10-,11?,14+;/m11./s1. The lowest BCUT2D eigenvalue weighted by atomic mass is 9.70. The molecule has 0 amide bonds. The molecule has 232 valence electrons. The first-order valence-electron chi connectivity index (χ1n) is 15.4. The predicted octanol–water partition coefficient (Wildman–Crippen LogP) is 8.16. The van der Waals surface area contributed by atoms with Gasteiger partial charge in [-0.05, 0) is 81.5 Å². The summed E-state index contributed by atoms with van der Waals surface area (Å²) in [6.45, 7) is 30.4. The fourth-order valence-corrected chi connectivity index (χ4v) is 7.45. The molecule has 0 aromatic carbocycles. The van der Waals surface area contributed by atoms with Crippen molar-refractivity contribution in [1.82, 2.24) is 0 Å². The van der Waals surface area contributed by atoms with Crippen LogP contribution in [0.1, 0.15) is 114 Å². The number of rotatable bonds is 8. The van der Waals surface area contributed by atoms with Crippen molar-refractivity contribution in [2.45, 2.75) is 126 Å². The lowest BCUT2D eigenvalue weighted by molar-refractivity contribution is -0.152. The molecular weight excluding hydrogens is 516 g/mol. The summed E-state index contributed by atoms with van der Waals surface area (Å²) < 4.78 is 15.9. The number of ether oxygens (including phenoxy) is 3. The number of hydrogen-bond acceptors (Lipinski definition) is 6. The van der Waals surface area contributed by atoms with Gasteiger partial charge in [0.05, 0.1) is 6.61 Å². The second-order valence-corrected chi connectivity index (χ2v) is 14.3. The van der Waals surface area contributed by atoms with Crippen LogP contribution in [-0.2, 0) is 28.6 Å². The van der Waals surface area contributed by atoms with Gasteiger partial charge < -0.3 is 14.2 Å². The molecule has 0 aromatic heterocycles. The lowest BCUT2D eigenvalue weighted by Crippen LogP contribution is -2.38. The highest BCUT2D eigenvalue weighted by Gasteiger charge is 2.63. The van der Waals surface area contributed by atoms with Crippen LogP contribution >= 0.6 is 0 Å². The first-order valence-corrected chi connectivity index (χ1v) is 15.4. The zero-order valence-electron chi connectivity index (χ0n) is 27.3. The second-order valence-electron chi connectivity index (χ2n) is 14.3. The highest BCUT2D eigenvalue weighted by Crippen LogP contribution is 2.67. The van der Waals surface area contributed by atoms with Crippen molar-refractivity contribution in [2.24, 2.45) is 33.5 Å². The summed E-state index contributed by atoms with van der Waals surface area (Å²) in [5.41, 5.74) is 1.92. The van der Waals surface area contributed by atoms with Gasteiger partial charge in [-0.2, -0.15) is 0 Å². The number of esters is 3. The van der Waals surface area contributed by atoms with Crippen LogP contribution in [0.4, 0.5) is 0 Å². The molecule has 0 aliphatic heterocycles. The van der Waals surface area contributed by atoms with Gasteiger partial charge in [-0.15, -0.1) is 0 Å². The maximum Gasteiger partial charge on any atom is 0.333 e. The van der Waals surface area contributed by atoms with Gasteiger partial charge in [0.15, 0.2) is 0 Å². The summed E-state index contributed by atoms with van der Waals surface area (Å²) in [5, 5.41) is 0. The molecule has 2 unspecified atom stereocenters. The third kappa shape index (κ3) is 7.00. The molecule has 6 nitrogen and oxygen atoms in total. The summed E-state index contributed by atoms with van der Waals surface area (Å²) in [5.74, 6) is 0.633. The van der Waals surface area contributed by atoms with Crippen LogP contribution in [0.5, 0.6) is 0 Å². The van der Waals surface area contributed by atoms with Crippen molar-refractivity contribution in [3.63, 3.8) is 0 Å². The van der Waals surface area contributed by atoms with Gasteiger partial charge in [0.2, 0.25) is 0 Å². The van der Waals surface area contributed by atoms with Crippen LogP contribution in [0.2, 0.25) is 0 Å². The molecule has 4 aliphatic rings. The molecule has 4 rings (SSSR count). The van der Waals surface area contributed by atoms with E-state index in [0.717, 1.165) is 25.7 Å². The fraction of sp³-hybridized carbons (Fsp3) is 0.743. The molecule has 0 radical (unpaired) electrons. The van der Waals surface area contributed by atoms with E-state index in [9.17, 15) is 14.4 Å². The number of unbranched alkanes of at least 4 members (excludes halogenated alkanes) is 1. The molecule has 0 heterocycles. The molecule has 6 heteroatoms. The van der Waals surface area contributed by atoms with Gasteiger partial charge in [-0.1, -0.05) is 74.6 Å². The quantitative estimate of drug-likeness (QED) is 0.126. The Morgan fingerprint density at radius 2 is 1.17 bits per heavy atom. The normalized spacial score (nSPS) is 32.9. The van der Waals surface area contributed by atoms with Crippen molar-refractivity contribution in [3.05, 3.63) is 37.0 Å². The topological polar surface area (TPSA) is 78.9 Å². The van der Waals surface area contributed by atoms with Gasteiger partial charge in [0.1, 0.15) is 12.2 Å². The van der Waals surface area contributed by atoms with Gasteiger partial charge in [-0.3, -0.25) is 0 Å². The van der Waals surface area contributed by atoms with Crippen LogP contribution in [0.25, 0.3) is 0 Å². The van der Waals surface area contributed by atoms with E-state index in [4.69, 9.17) is 9.47 Å². The Bertz CT molecular complexity index is 954. The molecular formula is C35H56O6. The monoisotopic (exact) mass is 572 g/mol. The maximum absolute atomic E-state index is 11.6. The smallest absolute Gasteiger partial charge is 0.333 e. The zero-order chi connectivity index (χ0) is 31.4. The second kappa shape index (κ2) is 13.3.